The maximum absolute atomic E-state index is 9.40. The summed E-state index contributed by atoms with van der Waals surface area (Å²) in [5.74, 6) is 8.38. The fourth-order valence-corrected chi connectivity index (χ4v) is 0.0248. The van der Waals surface area contributed by atoms with Crippen LogP contribution in [0.25, 0.3) is 0 Å². The first-order valence-corrected chi connectivity index (χ1v) is 1.02. The van der Waals surface area contributed by atoms with Crippen LogP contribution in [0.15, 0.2) is 0 Å². The second-order valence-electron chi connectivity index (χ2n) is 0.434. The Balaban J connectivity index is 0. The molecule has 0 heterocycles. The Morgan fingerprint density at radius 3 is 1.57 bits per heavy atom. The van der Waals surface area contributed by atoms with Crippen molar-refractivity contribution >= 4 is 0 Å². The van der Waals surface area contributed by atoms with Crippen LogP contribution in [0, 0.1) is 46.7 Å². The summed E-state index contributed by atoms with van der Waals surface area (Å²) >= 11 is 0. The third kappa shape index (κ3) is 6.50. The molecule has 0 atom stereocenters. The van der Waals surface area contributed by atoms with Gasteiger partial charge in [0.05, 0.1) is 0 Å². The molecular formula is H4CeN3O3+. The van der Waals surface area contributed by atoms with Crippen LogP contribution in [-0.4, -0.2) is 5.09 Å². The van der Waals surface area contributed by atoms with Crippen molar-refractivity contribution in [2.75, 3.05) is 0 Å². The number of nitrogens with zero attached hydrogens (tertiary/aromatic N) is 1. The molecule has 40 valence electrons. The average Bonchev–Trinajstić information content (AvgIpc) is 1.65. The number of hydrogen-bond donors (Lipinski definition) is 2. The van der Waals surface area contributed by atoms with Gasteiger partial charge in [0.15, 0.2) is 0 Å². The minimum Gasteiger partial charge on any atom is -0.0948 e. The van der Waals surface area contributed by atoms with Crippen LogP contribution in [0.3, 0.4) is 0 Å². The molecule has 0 saturated heterocycles. The maximum Gasteiger partial charge on any atom is 0.519 e. The second kappa shape index (κ2) is 6.50. The summed E-state index contributed by atoms with van der Waals surface area (Å²) in [5, 5.41) is -0.444. The molecule has 7 heteroatoms. The molecule has 0 radical (unpaired) electrons. The average molecular weight is 234 g/mol. The van der Waals surface area contributed by atoms with E-state index in [2.05, 4.69) is 21.7 Å². The van der Waals surface area contributed by atoms with Gasteiger partial charge < -0.3 is 0 Å². The fraction of sp³-hybridized carbons (Fsp3) is 0. The molecule has 0 aliphatic carbocycles. The molecular weight excluding hydrogens is 230 g/mol. The van der Waals surface area contributed by atoms with E-state index in [-0.39, 0.29) is 41.7 Å². The molecule has 0 rings (SSSR count). The van der Waals surface area contributed by atoms with Gasteiger partial charge in [0, 0.05) is 41.7 Å². The van der Waals surface area contributed by atoms with Crippen LogP contribution in [0.5, 0.6) is 0 Å². The largest absolute Gasteiger partial charge is 0.519 e. The molecule has 0 aliphatic rings. The van der Waals surface area contributed by atoms with E-state index in [4.69, 9.17) is 0 Å². The van der Waals surface area contributed by atoms with Gasteiger partial charge in [-0.2, -0.15) is 0 Å². The molecule has 0 aliphatic heterocycles. The first-order valence-electron chi connectivity index (χ1n) is 1.02. The van der Waals surface area contributed by atoms with Crippen LogP contribution in [-0.2, 0) is 9.88 Å². The van der Waals surface area contributed by atoms with Gasteiger partial charge >= 0.3 is 5.09 Å². The summed E-state index contributed by atoms with van der Waals surface area (Å²) in [6.07, 6.45) is 0. The van der Waals surface area contributed by atoms with E-state index in [1.165, 1.54) is 0 Å². The Kier molecular flexibility index (Phi) is 9.72. The normalized spacial score (nSPS) is 6.00. The van der Waals surface area contributed by atoms with Gasteiger partial charge in [-0.15, -0.1) is 0 Å². The Morgan fingerprint density at radius 2 is 1.57 bits per heavy atom. The summed E-state index contributed by atoms with van der Waals surface area (Å²) in [6, 6.07) is 0. The van der Waals surface area contributed by atoms with Crippen LogP contribution in [0.4, 0.5) is 0 Å². The summed E-state index contributed by atoms with van der Waals surface area (Å²) in [4.78, 5) is 16.1. The molecule has 0 aromatic heterocycles. The van der Waals surface area contributed by atoms with Gasteiger partial charge in [-0.25, -0.2) is 0 Å². The fourth-order valence-electron chi connectivity index (χ4n) is 0.0248. The molecule has 0 unspecified atom stereocenters. The smallest absolute Gasteiger partial charge is 0.0948 e. The summed E-state index contributed by atoms with van der Waals surface area (Å²) in [6.45, 7) is 0. The second-order valence-corrected chi connectivity index (χ2v) is 0.434. The van der Waals surface area contributed by atoms with Gasteiger partial charge in [0.2, 0.25) is 0 Å². The van der Waals surface area contributed by atoms with Crippen molar-refractivity contribution in [2.24, 2.45) is 11.8 Å². The summed E-state index contributed by atoms with van der Waals surface area (Å²) in [7, 11) is 0. The van der Waals surface area contributed by atoms with Crippen molar-refractivity contribution in [1.29, 1.82) is 0 Å². The first kappa shape index (κ1) is 10.5. The minimum atomic E-state index is -0.444. The predicted octanol–water partition coefficient (Wildman–Crippen LogP) is -1.62. The first-order chi connectivity index (χ1) is 2.81. The van der Waals surface area contributed by atoms with Gasteiger partial charge in [-0.1, -0.05) is 21.7 Å². The van der Waals surface area contributed by atoms with Crippen LogP contribution < -0.4 is 11.8 Å². The third-order valence-electron chi connectivity index (χ3n) is 0.172. The molecule has 0 saturated carbocycles. The quantitative estimate of drug-likeness (QED) is 0.560. The van der Waals surface area contributed by atoms with Crippen LogP contribution in [0.1, 0.15) is 0 Å². The topological polar surface area (TPSA) is 90.6 Å². The van der Waals surface area contributed by atoms with E-state index in [1.54, 1.807) is 0 Å². The summed E-state index contributed by atoms with van der Waals surface area (Å²) < 4.78 is 0. The van der Waals surface area contributed by atoms with E-state index in [9.17, 15) is 4.91 Å². The molecule has 0 spiro atoms. The standard InChI is InChI=1S/Ce.H4N3O3/c;1-5-3(4)6-2/h;1-2H2/q;+1. The van der Waals surface area contributed by atoms with Crippen molar-refractivity contribution in [3.63, 3.8) is 0 Å². The Bertz CT molecular complexity index is 48.1. The zero-order valence-electron chi connectivity index (χ0n) is 3.33. The van der Waals surface area contributed by atoms with Crippen molar-refractivity contribution < 1.29 is 56.7 Å². The van der Waals surface area contributed by atoms with Crippen LogP contribution in [0.2, 0.25) is 0 Å². The molecule has 0 amide bonds. The van der Waals surface area contributed by atoms with Crippen molar-refractivity contribution in [1.82, 2.24) is 0 Å². The number of nitrogens with two attached hydrogens (primary N) is 2. The van der Waals surface area contributed by atoms with E-state index in [1.807, 2.05) is 0 Å². The molecule has 4 N–H and O–H groups in total. The van der Waals surface area contributed by atoms with E-state index >= 15 is 0 Å². The molecule has 0 aromatic rings. The SMILES string of the molecule is NO[N+](=O)ON.[Ce]. The number of hydrogen-bond acceptors (Lipinski definition) is 5. The summed E-state index contributed by atoms with van der Waals surface area (Å²) in [5.41, 5.74) is 0. The zero-order chi connectivity index (χ0) is 4.99. The van der Waals surface area contributed by atoms with Gasteiger partial charge in [0.1, 0.15) is 4.91 Å². The van der Waals surface area contributed by atoms with Gasteiger partial charge in [-0.3, -0.25) is 0 Å². The monoisotopic (exact) mass is 234 g/mol. The van der Waals surface area contributed by atoms with Crippen molar-refractivity contribution in [2.45, 2.75) is 0 Å². The Morgan fingerprint density at radius 1 is 1.29 bits per heavy atom. The van der Waals surface area contributed by atoms with E-state index < -0.39 is 5.09 Å². The van der Waals surface area contributed by atoms with Crippen LogP contribution >= 0.6 is 0 Å². The number of rotatable bonds is 2. The molecule has 6 nitrogen and oxygen atoms in total. The zero-order valence-corrected chi connectivity index (χ0v) is 6.47. The van der Waals surface area contributed by atoms with E-state index in [0.29, 0.717) is 0 Å². The third-order valence-corrected chi connectivity index (χ3v) is 0.172. The van der Waals surface area contributed by atoms with Crippen molar-refractivity contribution in [3.05, 3.63) is 4.91 Å². The molecule has 0 aromatic carbocycles. The molecule has 7 heavy (non-hydrogen) atoms. The Labute approximate surface area is 72.9 Å². The van der Waals surface area contributed by atoms with E-state index in [0.717, 1.165) is 0 Å². The molecule has 0 bridgehead atoms. The minimum absolute atomic E-state index is 0. The predicted molar refractivity (Wildman–Crippen MR) is 14.2 cm³/mol. The Hall–Kier alpha value is 0.497. The maximum atomic E-state index is 9.40. The van der Waals surface area contributed by atoms with Gasteiger partial charge in [0.25, 0.3) is 0 Å². The van der Waals surface area contributed by atoms with Crippen molar-refractivity contribution in [3.8, 4) is 0 Å². The van der Waals surface area contributed by atoms with Gasteiger partial charge in [-0.05, 0) is 0 Å². The molecule has 0 fully saturated rings.